The normalized spacial score (nSPS) is 12.7. The lowest BCUT2D eigenvalue weighted by molar-refractivity contribution is 0.669. The fourth-order valence-corrected chi connectivity index (χ4v) is 9.31. The Labute approximate surface area is 332 Å². The van der Waals surface area contributed by atoms with Gasteiger partial charge in [0.05, 0.1) is 11.1 Å². The minimum absolute atomic E-state index is 0.655. The number of hydrogen-bond donors (Lipinski definition) is 0. The van der Waals surface area contributed by atoms with Crippen molar-refractivity contribution < 1.29 is 4.42 Å². The molecule has 0 unspecified atom stereocenters. The standard InChI is InChI=1S/C55H37NO/c1-3-17-38(18-4-1)39-33-35-42(36-34-39)56(52-31-16-28-49-48-27-11-14-32-53(48)57-54(49)52)43-22-15-21-41(37-43)55(40-19-5-2-6-20-40)50-29-12-9-25-46(50)44-23-7-8-24-45(44)47-26-10-13-30-51(47)55/h1-37H. The molecule has 2 nitrogen and oxygen atoms in total. The molecule has 0 bridgehead atoms. The van der Waals surface area contributed by atoms with Gasteiger partial charge in [0, 0.05) is 22.1 Å². The van der Waals surface area contributed by atoms with Gasteiger partial charge in [0.15, 0.2) is 5.58 Å². The van der Waals surface area contributed by atoms with Crippen LogP contribution in [0.15, 0.2) is 229 Å². The van der Waals surface area contributed by atoms with E-state index in [4.69, 9.17) is 4.42 Å². The highest BCUT2D eigenvalue weighted by atomic mass is 16.3. The third-order valence-corrected chi connectivity index (χ3v) is 11.8. The van der Waals surface area contributed by atoms with E-state index in [-0.39, 0.29) is 0 Å². The largest absolute Gasteiger partial charge is 0.454 e. The molecule has 0 amide bonds. The van der Waals surface area contributed by atoms with Crippen LogP contribution in [0.5, 0.6) is 0 Å². The summed E-state index contributed by atoms with van der Waals surface area (Å²) in [5.41, 5.74) is 16.4. The molecule has 0 N–H and O–H groups in total. The molecule has 0 spiro atoms. The molecule has 0 saturated heterocycles. The van der Waals surface area contributed by atoms with Crippen LogP contribution in [0.1, 0.15) is 22.3 Å². The molecule has 10 aromatic rings. The van der Waals surface area contributed by atoms with Gasteiger partial charge in [-0.05, 0) is 92.0 Å². The van der Waals surface area contributed by atoms with Crippen LogP contribution in [-0.4, -0.2) is 0 Å². The molecule has 9 aromatic carbocycles. The van der Waals surface area contributed by atoms with Crippen LogP contribution in [0.4, 0.5) is 17.1 Å². The van der Waals surface area contributed by atoms with Crippen molar-refractivity contribution in [3.8, 4) is 33.4 Å². The van der Waals surface area contributed by atoms with Gasteiger partial charge in [-0.3, -0.25) is 0 Å². The number of anilines is 3. The molecule has 57 heavy (non-hydrogen) atoms. The average Bonchev–Trinajstić information content (AvgIpc) is 3.63. The molecule has 0 atom stereocenters. The molecule has 268 valence electrons. The lowest BCUT2D eigenvalue weighted by Gasteiger charge is -2.38. The predicted octanol–water partition coefficient (Wildman–Crippen LogP) is 14.8. The van der Waals surface area contributed by atoms with Crippen LogP contribution in [0.3, 0.4) is 0 Å². The Hall–Kier alpha value is -7.42. The van der Waals surface area contributed by atoms with E-state index in [9.17, 15) is 0 Å². The van der Waals surface area contributed by atoms with E-state index in [1.807, 2.05) is 6.07 Å². The van der Waals surface area contributed by atoms with E-state index in [2.05, 4.69) is 223 Å². The van der Waals surface area contributed by atoms with E-state index in [1.54, 1.807) is 0 Å². The zero-order chi connectivity index (χ0) is 37.8. The summed E-state index contributed by atoms with van der Waals surface area (Å²) in [7, 11) is 0. The van der Waals surface area contributed by atoms with Crippen LogP contribution in [0.2, 0.25) is 0 Å². The molecule has 0 aliphatic heterocycles. The quantitative estimate of drug-likeness (QED) is 0.170. The summed E-state index contributed by atoms with van der Waals surface area (Å²) >= 11 is 0. The van der Waals surface area contributed by atoms with Crippen molar-refractivity contribution in [2.24, 2.45) is 0 Å². The van der Waals surface area contributed by atoms with Gasteiger partial charge in [-0.25, -0.2) is 0 Å². The van der Waals surface area contributed by atoms with Gasteiger partial charge >= 0.3 is 0 Å². The smallest absolute Gasteiger partial charge is 0.159 e. The minimum Gasteiger partial charge on any atom is -0.454 e. The van der Waals surface area contributed by atoms with Crippen LogP contribution < -0.4 is 4.90 Å². The van der Waals surface area contributed by atoms with E-state index >= 15 is 0 Å². The van der Waals surface area contributed by atoms with Crippen LogP contribution in [-0.2, 0) is 5.41 Å². The lowest BCUT2D eigenvalue weighted by atomic mass is 9.63. The first-order valence-electron chi connectivity index (χ1n) is 19.6. The summed E-state index contributed by atoms with van der Waals surface area (Å²) in [5.74, 6) is 0. The fraction of sp³-hybridized carbons (Fsp3) is 0.0182. The van der Waals surface area contributed by atoms with Crippen LogP contribution >= 0.6 is 0 Å². The first kappa shape index (κ1) is 33.0. The molecule has 1 aliphatic rings. The summed E-state index contributed by atoms with van der Waals surface area (Å²) in [4.78, 5) is 2.37. The zero-order valence-electron chi connectivity index (χ0n) is 31.2. The molecule has 2 heteroatoms. The number of fused-ring (bicyclic) bond motifs is 8. The van der Waals surface area contributed by atoms with Gasteiger partial charge in [-0.1, -0.05) is 188 Å². The highest BCUT2D eigenvalue weighted by Gasteiger charge is 2.44. The van der Waals surface area contributed by atoms with Crippen molar-refractivity contribution in [2.75, 3.05) is 4.90 Å². The van der Waals surface area contributed by atoms with E-state index in [1.165, 1.54) is 55.6 Å². The summed E-state index contributed by atoms with van der Waals surface area (Å²) < 4.78 is 6.74. The average molecular weight is 728 g/mol. The summed E-state index contributed by atoms with van der Waals surface area (Å²) in [6, 6.07) is 81.4. The fourth-order valence-electron chi connectivity index (χ4n) is 9.31. The van der Waals surface area contributed by atoms with Gasteiger partial charge in [-0.15, -0.1) is 0 Å². The second-order valence-corrected chi connectivity index (χ2v) is 14.8. The third kappa shape index (κ3) is 5.18. The van der Waals surface area contributed by atoms with Gasteiger partial charge in [0.1, 0.15) is 5.58 Å². The number of para-hydroxylation sites is 2. The second-order valence-electron chi connectivity index (χ2n) is 14.8. The topological polar surface area (TPSA) is 16.4 Å². The third-order valence-electron chi connectivity index (χ3n) is 11.8. The Morgan fingerprint density at radius 1 is 0.351 bits per heavy atom. The summed E-state index contributed by atoms with van der Waals surface area (Å²) in [6.07, 6.45) is 0. The Kier molecular flexibility index (Phi) is 7.75. The van der Waals surface area contributed by atoms with Crippen molar-refractivity contribution in [1.82, 2.24) is 0 Å². The van der Waals surface area contributed by atoms with E-state index in [0.717, 1.165) is 39.0 Å². The first-order chi connectivity index (χ1) is 28.3. The maximum absolute atomic E-state index is 6.74. The van der Waals surface area contributed by atoms with Gasteiger partial charge in [0.25, 0.3) is 0 Å². The molecule has 0 fully saturated rings. The molecule has 0 saturated carbocycles. The highest BCUT2D eigenvalue weighted by Crippen LogP contribution is 2.55. The van der Waals surface area contributed by atoms with Gasteiger partial charge in [-0.2, -0.15) is 0 Å². The predicted molar refractivity (Wildman–Crippen MR) is 237 cm³/mol. The van der Waals surface area contributed by atoms with E-state index in [0.29, 0.717) is 0 Å². The molecule has 1 aliphatic carbocycles. The lowest BCUT2D eigenvalue weighted by Crippen LogP contribution is -2.32. The molecule has 1 aromatic heterocycles. The van der Waals surface area contributed by atoms with Crippen molar-refractivity contribution in [3.05, 3.63) is 247 Å². The first-order valence-corrected chi connectivity index (χ1v) is 19.6. The molecule has 11 rings (SSSR count). The maximum Gasteiger partial charge on any atom is 0.159 e. The van der Waals surface area contributed by atoms with Crippen molar-refractivity contribution >= 4 is 39.0 Å². The monoisotopic (exact) mass is 727 g/mol. The number of furan rings is 1. The zero-order valence-corrected chi connectivity index (χ0v) is 31.2. The summed E-state index contributed by atoms with van der Waals surface area (Å²) in [6.45, 7) is 0. The van der Waals surface area contributed by atoms with Crippen LogP contribution in [0, 0.1) is 0 Å². The maximum atomic E-state index is 6.74. The molecular formula is C55H37NO. The Balaban J connectivity index is 1.20. The Bertz CT molecular complexity index is 3000. The van der Waals surface area contributed by atoms with Gasteiger partial charge < -0.3 is 9.32 Å². The Morgan fingerprint density at radius 2 is 0.877 bits per heavy atom. The molecular weight excluding hydrogens is 691 g/mol. The Morgan fingerprint density at radius 3 is 1.58 bits per heavy atom. The SMILES string of the molecule is c1ccc(-c2ccc(N(c3cccc(C4(c5ccccc5)c5ccccc5-c5ccccc5-c5ccccc54)c3)c3cccc4c3oc3ccccc34)cc2)cc1. The van der Waals surface area contributed by atoms with Crippen molar-refractivity contribution in [3.63, 3.8) is 0 Å². The molecule has 1 heterocycles. The number of benzene rings is 9. The number of rotatable bonds is 6. The second kappa shape index (κ2) is 13.4. The minimum atomic E-state index is -0.655. The van der Waals surface area contributed by atoms with E-state index < -0.39 is 5.41 Å². The van der Waals surface area contributed by atoms with Crippen LogP contribution in [0.25, 0.3) is 55.3 Å². The number of nitrogens with zero attached hydrogens (tertiary/aromatic N) is 1. The molecule has 0 radical (unpaired) electrons. The highest BCUT2D eigenvalue weighted by molar-refractivity contribution is 6.10. The summed E-state index contributed by atoms with van der Waals surface area (Å²) in [5, 5.41) is 2.20. The van der Waals surface area contributed by atoms with Crippen molar-refractivity contribution in [1.29, 1.82) is 0 Å². The van der Waals surface area contributed by atoms with Crippen molar-refractivity contribution in [2.45, 2.75) is 5.41 Å². The van der Waals surface area contributed by atoms with Gasteiger partial charge in [0.2, 0.25) is 0 Å². The number of hydrogen-bond acceptors (Lipinski definition) is 2.